The summed E-state index contributed by atoms with van der Waals surface area (Å²) in [5.74, 6) is 1.45. The highest BCUT2D eigenvalue weighted by atomic mass is 16.2. The van der Waals surface area contributed by atoms with Crippen molar-refractivity contribution in [2.75, 3.05) is 24.5 Å². The van der Waals surface area contributed by atoms with E-state index in [9.17, 15) is 4.79 Å². The van der Waals surface area contributed by atoms with Crippen LogP contribution in [0.4, 0.5) is 5.69 Å². The van der Waals surface area contributed by atoms with E-state index in [4.69, 9.17) is 4.99 Å². The van der Waals surface area contributed by atoms with Crippen LogP contribution < -0.4 is 15.5 Å². The van der Waals surface area contributed by atoms with Gasteiger partial charge in [0.2, 0.25) is 5.91 Å². The number of hydrogen-bond donors (Lipinski definition) is 2. The van der Waals surface area contributed by atoms with Crippen molar-refractivity contribution in [3.63, 3.8) is 0 Å². The zero-order valence-electron chi connectivity index (χ0n) is 16.8. The van der Waals surface area contributed by atoms with E-state index in [1.807, 2.05) is 23.1 Å². The minimum absolute atomic E-state index is 0.219. The molecule has 1 atom stereocenters. The molecule has 0 bridgehead atoms. The number of nitrogens with one attached hydrogen (secondary N) is 2. The molecule has 0 aromatic heterocycles. The van der Waals surface area contributed by atoms with E-state index in [-0.39, 0.29) is 5.91 Å². The Kier molecular flexibility index (Phi) is 7.06. The Balaban J connectivity index is 1.57. The molecule has 3 rings (SSSR count). The third kappa shape index (κ3) is 5.35. The van der Waals surface area contributed by atoms with Crippen LogP contribution in [-0.4, -0.2) is 31.5 Å². The summed E-state index contributed by atoms with van der Waals surface area (Å²) in [6, 6.07) is 18.7. The molecule has 1 amide bonds. The summed E-state index contributed by atoms with van der Waals surface area (Å²) < 4.78 is 0. The summed E-state index contributed by atoms with van der Waals surface area (Å²) in [7, 11) is 0. The molecule has 0 radical (unpaired) electrons. The smallest absolute Gasteiger partial charge is 0.227 e. The molecule has 1 aliphatic heterocycles. The van der Waals surface area contributed by atoms with Gasteiger partial charge in [0.05, 0.1) is 6.54 Å². The molecule has 148 valence electrons. The second-order valence-electron chi connectivity index (χ2n) is 7.20. The van der Waals surface area contributed by atoms with Crippen LogP contribution in [0.3, 0.4) is 0 Å². The lowest BCUT2D eigenvalue weighted by atomic mass is 10.0. The van der Waals surface area contributed by atoms with Gasteiger partial charge in [-0.15, -0.1) is 0 Å². The molecule has 0 aliphatic carbocycles. The van der Waals surface area contributed by atoms with Crippen molar-refractivity contribution in [3.8, 4) is 0 Å². The van der Waals surface area contributed by atoms with Gasteiger partial charge >= 0.3 is 0 Å². The molecule has 0 spiro atoms. The fourth-order valence-corrected chi connectivity index (χ4v) is 3.36. The number of benzene rings is 2. The molecule has 5 heteroatoms. The van der Waals surface area contributed by atoms with Crippen molar-refractivity contribution in [2.24, 2.45) is 4.99 Å². The monoisotopic (exact) mass is 378 g/mol. The number of guanidine groups is 1. The van der Waals surface area contributed by atoms with Crippen molar-refractivity contribution in [1.82, 2.24) is 10.6 Å². The second kappa shape index (κ2) is 9.93. The van der Waals surface area contributed by atoms with E-state index in [2.05, 4.69) is 60.9 Å². The number of carbonyl (C=O) groups is 1. The van der Waals surface area contributed by atoms with E-state index in [1.54, 1.807) is 0 Å². The number of carbonyl (C=O) groups excluding carboxylic acids is 1. The molecule has 1 heterocycles. The Bertz CT molecular complexity index is 786. The van der Waals surface area contributed by atoms with Crippen molar-refractivity contribution in [2.45, 2.75) is 39.2 Å². The first-order valence-electron chi connectivity index (χ1n) is 10.1. The predicted octanol–water partition coefficient (Wildman–Crippen LogP) is 3.67. The summed E-state index contributed by atoms with van der Waals surface area (Å²) in [6.07, 6.45) is 1.61. The fourth-order valence-electron chi connectivity index (χ4n) is 3.36. The van der Waals surface area contributed by atoms with Gasteiger partial charge in [-0.3, -0.25) is 4.79 Å². The topological polar surface area (TPSA) is 56.7 Å². The summed E-state index contributed by atoms with van der Waals surface area (Å²) in [4.78, 5) is 18.4. The normalized spacial score (nSPS) is 15.6. The summed E-state index contributed by atoms with van der Waals surface area (Å²) in [5, 5.41) is 6.74. The third-order valence-electron chi connectivity index (χ3n) is 5.03. The van der Waals surface area contributed by atoms with Crippen LogP contribution in [0, 0.1) is 0 Å². The Morgan fingerprint density at radius 1 is 1.11 bits per heavy atom. The lowest BCUT2D eigenvalue weighted by Crippen LogP contribution is -2.39. The van der Waals surface area contributed by atoms with Gasteiger partial charge in [-0.1, -0.05) is 49.4 Å². The Morgan fingerprint density at radius 3 is 2.50 bits per heavy atom. The molecule has 2 N–H and O–H groups in total. The molecule has 1 saturated heterocycles. The lowest BCUT2D eigenvalue weighted by Gasteiger charge is -2.17. The minimum atomic E-state index is 0.219. The SMILES string of the molecule is CCNC(=NCc1ccc(N2CCCC2=O)cc1)NCC(C)c1ccccc1. The van der Waals surface area contributed by atoms with E-state index >= 15 is 0 Å². The molecule has 28 heavy (non-hydrogen) atoms. The van der Waals surface area contributed by atoms with Gasteiger partial charge < -0.3 is 15.5 Å². The van der Waals surface area contributed by atoms with Gasteiger partial charge in [0, 0.05) is 31.7 Å². The number of amides is 1. The first kappa shape index (κ1) is 19.9. The molecule has 2 aromatic carbocycles. The third-order valence-corrected chi connectivity index (χ3v) is 5.03. The second-order valence-corrected chi connectivity index (χ2v) is 7.20. The number of anilines is 1. The summed E-state index contributed by atoms with van der Waals surface area (Å²) in [6.45, 7) is 7.35. The predicted molar refractivity (Wildman–Crippen MR) is 116 cm³/mol. The quantitative estimate of drug-likeness (QED) is 0.571. The molecule has 1 unspecified atom stereocenters. The van der Waals surface area contributed by atoms with Crippen LogP contribution in [0.1, 0.15) is 43.7 Å². The zero-order chi connectivity index (χ0) is 19.8. The average Bonchev–Trinajstić information content (AvgIpc) is 3.16. The molecule has 1 aliphatic rings. The summed E-state index contributed by atoms with van der Waals surface area (Å²) >= 11 is 0. The van der Waals surface area contributed by atoms with Crippen LogP contribution in [0.15, 0.2) is 59.6 Å². The van der Waals surface area contributed by atoms with Crippen LogP contribution in [0.25, 0.3) is 0 Å². The van der Waals surface area contributed by atoms with Crippen LogP contribution in [0.2, 0.25) is 0 Å². The molecular formula is C23H30N4O. The maximum atomic E-state index is 11.9. The highest BCUT2D eigenvalue weighted by molar-refractivity contribution is 5.95. The number of rotatable bonds is 7. The largest absolute Gasteiger partial charge is 0.357 e. The van der Waals surface area contributed by atoms with Gasteiger partial charge in [-0.25, -0.2) is 4.99 Å². The minimum Gasteiger partial charge on any atom is -0.357 e. The first-order valence-corrected chi connectivity index (χ1v) is 10.1. The van der Waals surface area contributed by atoms with Crippen LogP contribution >= 0.6 is 0 Å². The average molecular weight is 379 g/mol. The van der Waals surface area contributed by atoms with Crippen molar-refractivity contribution in [1.29, 1.82) is 0 Å². The fraction of sp³-hybridized carbons (Fsp3) is 0.391. The molecule has 2 aromatic rings. The standard InChI is InChI=1S/C23H30N4O/c1-3-24-23(25-16-18(2)20-8-5-4-6-9-20)26-17-19-11-13-21(14-12-19)27-15-7-10-22(27)28/h4-6,8-9,11-14,18H,3,7,10,15-17H2,1-2H3,(H2,24,25,26). The van der Waals surface area contributed by atoms with E-state index in [0.717, 1.165) is 43.3 Å². The maximum absolute atomic E-state index is 11.9. The number of hydrogen-bond acceptors (Lipinski definition) is 2. The van der Waals surface area contributed by atoms with E-state index < -0.39 is 0 Å². The van der Waals surface area contributed by atoms with Crippen molar-refractivity contribution in [3.05, 3.63) is 65.7 Å². The Morgan fingerprint density at radius 2 is 1.86 bits per heavy atom. The van der Waals surface area contributed by atoms with Crippen LogP contribution in [0.5, 0.6) is 0 Å². The lowest BCUT2D eigenvalue weighted by molar-refractivity contribution is -0.117. The zero-order valence-corrected chi connectivity index (χ0v) is 16.8. The first-order chi connectivity index (χ1) is 13.7. The van der Waals surface area contributed by atoms with Gasteiger partial charge in [0.25, 0.3) is 0 Å². The summed E-state index contributed by atoms with van der Waals surface area (Å²) in [5.41, 5.74) is 3.43. The Labute approximate surface area is 167 Å². The van der Waals surface area contributed by atoms with Crippen molar-refractivity contribution < 1.29 is 4.79 Å². The highest BCUT2D eigenvalue weighted by Gasteiger charge is 2.21. The highest BCUT2D eigenvalue weighted by Crippen LogP contribution is 2.21. The van der Waals surface area contributed by atoms with E-state index in [1.165, 1.54) is 5.56 Å². The number of aliphatic imine (C=N–C) groups is 1. The Hall–Kier alpha value is -2.82. The van der Waals surface area contributed by atoms with Gasteiger partial charge in [-0.2, -0.15) is 0 Å². The van der Waals surface area contributed by atoms with Gasteiger partial charge in [-0.05, 0) is 42.5 Å². The van der Waals surface area contributed by atoms with E-state index in [0.29, 0.717) is 18.9 Å². The van der Waals surface area contributed by atoms with Crippen LogP contribution in [-0.2, 0) is 11.3 Å². The molecule has 5 nitrogen and oxygen atoms in total. The maximum Gasteiger partial charge on any atom is 0.227 e. The van der Waals surface area contributed by atoms with Gasteiger partial charge in [0.1, 0.15) is 0 Å². The molecule has 0 saturated carbocycles. The van der Waals surface area contributed by atoms with Gasteiger partial charge in [0.15, 0.2) is 5.96 Å². The molecule has 1 fully saturated rings. The molecular weight excluding hydrogens is 348 g/mol. The van der Waals surface area contributed by atoms with Crippen molar-refractivity contribution >= 4 is 17.6 Å². The number of nitrogens with zero attached hydrogens (tertiary/aromatic N) is 2.